The molecule has 1 heterocycles. The van der Waals surface area contributed by atoms with Gasteiger partial charge in [0.2, 0.25) is 0 Å². The Morgan fingerprint density at radius 3 is 2.50 bits per heavy atom. The maximum Gasteiger partial charge on any atom is 0.410 e. The van der Waals surface area contributed by atoms with Crippen molar-refractivity contribution in [3.8, 4) is 0 Å². The molecule has 0 aliphatic carbocycles. The summed E-state index contributed by atoms with van der Waals surface area (Å²) in [5, 5.41) is 0. The molecule has 0 saturated heterocycles. The Balaban J connectivity index is 1.47. The zero-order chi connectivity index (χ0) is 21.6. The van der Waals surface area contributed by atoms with Gasteiger partial charge >= 0.3 is 12.1 Å². The number of hydrogen-bond acceptors (Lipinski definition) is 4. The van der Waals surface area contributed by atoms with Crippen molar-refractivity contribution in [1.29, 1.82) is 0 Å². The van der Waals surface area contributed by atoms with E-state index in [1.165, 1.54) is 11.1 Å². The van der Waals surface area contributed by atoms with Gasteiger partial charge in [0, 0.05) is 19.5 Å². The molecule has 3 rings (SSSR count). The van der Waals surface area contributed by atoms with Gasteiger partial charge in [-0.05, 0) is 62.3 Å². The van der Waals surface area contributed by atoms with Crippen LogP contribution in [0.3, 0.4) is 0 Å². The summed E-state index contributed by atoms with van der Waals surface area (Å²) in [5.74, 6) is -0.148. The molecule has 5 nitrogen and oxygen atoms in total. The summed E-state index contributed by atoms with van der Waals surface area (Å²) in [6.45, 7) is 7.17. The summed E-state index contributed by atoms with van der Waals surface area (Å²) >= 11 is 0. The first-order valence-electron chi connectivity index (χ1n) is 10.6. The Morgan fingerprint density at radius 2 is 1.77 bits per heavy atom. The van der Waals surface area contributed by atoms with Crippen LogP contribution in [0.25, 0.3) is 0 Å². The number of carbonyl (C=O) groups is 2. The van der Waals surface area contributed by atoms with Crippen LogP contribution in [-0.4, -0.2) is 29.1 Å². The number of esters is 1. The number of benzene rings is 2. The van der Waals surface area contributed by atoms with Crippen LogP contribution in [0.2, 0.25) is 0 Å². The molecular formula is C25H31NO4. The number of carbonyl (C=O) groups excluding carboxylic acids is 2. The van der Waals surface area contributed by atoms with Crippen LogP contribution in [0, 0.1) is 0 Å². The van der Waals surface area contributed by atoms with Crippen molar-refractivity contribution < 1.29 is 19.1 Å². The molecule has 2 aromatic carbocycles. The molecule has 1 aliphatic heterocycles. The van der Waals surface area contributed by atoms with Crippen molar-refractivity contribution in [3.63, 3.8) is 0 Å². The first kappa shape index (κ1) is 21.9. The van der Waals surface area contributed by atoms with E-state index >= 15 is 0 Å². The second-order valence-corrected chi connectivity index (χ2v) is 8.75. The van der Waals surface area contributed by atoms with Crippen molar-refractivity contribution in [3.05, 3.63) is 70.8 Å². The van der Waals surface area contributed by atoms with E-state index in [4.69, 9.17) is 9.47 Å². The number of ether oxygens (including phenoxy) is 2. The van der Waals surface area contributed by atoms with E-state index in [1.54, 1.807) is 4.90 Å². The monoisotopic (exact) mass is 409 g/mol. The quantitative estimate of drug-likeness (QED) is 0.627. The number of fused-ring (bicyclic) bond motifs is 1. The topological polar surface area (TPSA) is 55.8 Å². The van der Waals surface area contributed by atoms with E-state index in [9.17, 15) is 9.59 Å². The van der Waals surface area contributed by atoms with Crippen LogP contribution in [0.5, 0.6) is 0 Å². The van der Waals surface area contributed by atoms with Crippen molar-refractivity contribution in [2.24, 2.45) is 0 Å². The molecule has 0 spiro atoms. The van der Waals surface area contributed by atoms with Gasteiger partial charge in [-0.3, -0.25) is 4.79 Å². The number of nitrogens with zero attached hydrogens (tertiary/aromatic N) is 1. The Bertz CT molecular complexity index is 870. The van der Waals surface area contributed by atoms with Crippen LogP contribution >= 0.6 is 0 Å². The van der Waals surface area contributed by atoms with Crippen molar-refractivity contribution in [2.45, 2.75) is 65.2 Å². The minimum absolute atomic E-state index is 0.148. The minimum atomic E-state index is -0.434. The molecule has 0 saturated carbocycles. The lowest BCUT2D eigenvalue weighted by Gasteiger charge is -2.28. The van der Waals surface area contributed by atoms with Gasteiger partial charge < -0.3 is 14.4 Å². The number of aryl methyl sites for hydroxylation is 1. The third-order valence-electron chi connectivity index (χ3n) is 5.01. The molecule has 5 heteroatoms. The van der Waals surface area contributed by atoms with Gasteiger partial charge in [-0.15, -0.1) is 0 Å². The van der Waals surface area contributed by atoms with Gasteiger partial charge in [0.1, 0.15) is 12.2 Å². The lowest BCUT2D eigenvalue weighted by Crippen LogP contribution is -2.36. The normalized spacial score (nSPS) is 13.5. The van der Waals surface area contributed by atoms with Gasteiger partial charge in [0.15, 0.2) is 0 Å². The zero-order valence-electron chi connectivity index (χ0n) is 18.1. The second-order valence-electron chi connectivity index (χ2n) is 8.75. The third kappa shape index (κ3) is 6.61. The van der Waals surface area contributed by atoms with E-state index in [2.05, 4.69) is 18.2 Å². The second kappa shape index (κ2) is 9.79. The maximum absolute atomic E-state index is 12.4. The molecular weight excluding hydrogens is 378 g/mol. The number of rotatable bonds is 6. The average molecular weight is 410 g/mol. The molecule has 1 aliphatic rings. The summed E-state index contributed by atoms with van der Waals surface area (Å²) in [7, 11) is 0. The minimum Gasteiger partial charge on any atom is -0.460 e. The molecule has 0 bridgehead atoms. The summed E-state index contributed by atoms with van der Waals surface area (Å²) in [6, 6.07) is 16.1. The van der Waals surface area contributed by atoms with Crippen LogP contribution < -0.4 is 0 Å². The van der Waals surface area contributed by atoms with E-state index in [1.807, 2.05) is 51.1 Å². The Kier molecular flexibility index (Phi) is 7.14. The van der Waals surface area contributed by atoms with Crippen molar-refractivity contribution in [1.82, 2.24) is 4.90 Å². The lowest BCUT2D eigenvalue weighted by atomic mass is 9.95. The van der Waals surface area contributed by atoms with Crippen LogP contribution in [0.1, 0.15) is 55.9 Å². The fourth-order valence-electron chi connectivity index (χ4n) is 3.56. The summed E-state index contributed by atoms with van der Waals surface area (Å²) in [4.78, 5) is 26.0. The standard InChI is InChI=1S/C25H31NO4/c1-25(2,3)30-23(27)11-7-10-19-12-13-22-17-26(15-14-21(22)16-19)24(28)29-18-20-8-5-4-6-9-20/h4-6,8-9,12-13,16H,7,10-11,14-15,17-18H2,1-3H3. The smallest absolute Gasteiger partial charge is 0.410 e. The summed E-state index contributed by atoms with van der Waals surface area (Å²) in [5.41, 5.74) is 4.21. The highest BCUT2D eigenvalue weighted by molar-refractivity contribution is 5.70. The van der Waals surface area contributed by atoms with Gasteiger partial charge in [-0.1, -0.05) is 48.5 Å². The predicted molar refractivity (Wildman–Crippen MR) is 116 cm³/mol. The first-order valence-corrected chi connectivity index (χ1v) is 10.6. The highest BCUT2D eigenvalue weighted by Crippen LogP contribution is 2.22. The third-order valence-corrected chi connectivity index (χ3v) is 5.01. The van der Waals surface area contributed by atoms with Crippen LogP contribution in [-0.2, 0) is 40.3 Å². The summed E-state index contributed by atoms with van der Waals surface area (Å²) < 4.78 is 10.8. The van der Waals surface area contributed by atoms with E-state index in [0.29, 0.717) is 26.1 Å². The highest BCUT2D eigenvalue weighted by atomic mass is 16.6. The van der Waals surface area contributed by atoms with Crippen molar-refractivity contribution in [2.75, 3.05) is 6.54 Å². The van der Waals surface area contributed by atoms with Gasteiger partial charge in [-0.2, -0.15) is 0 Å². The molecule has 0 atom stereocenters. The van der Waals surface area contributed by atoms with E-state index in [0.717, 1.165) is 30.4 Å². The highest BCUT2D eigenvalue weighted by Gasteiger charge is 2.22. The van der Waals surface area contributed by atoms with Crippen LogP contribution in [0.15, 0.2) is 48.5 Å². The van der Waals surface area contributed by atoms with E-state index in [-0.39, 0.29) is 12.1 Å². The maximum atomic E-state index is 12.4. The van der Waals surface area contributed by atoms with Crippen LogP contribution in [0.4, 0.5) is 4.79 Å². The molecule has 0 fully saturated rings. The van der Waals surface area contributed by atoms with Gasteiger partial charge in [0.05, 0.1) is 0 Å². The molecule has 30 heavy (non-hydrogen) atoms. The Hall–Kier alpha value is -2.82. The molecule has 0 radical (unpaired) electrons. The molecule has 0 N–H and O–H groups in total. The van der Waals surface area contributed by atoms with Crippen molar-refractivity contribution >= 4 is 12.1 Å². The molecule has 0 aromatic heterocycles. The Labute approximate surface area is 179 Å². The zero-order valence-corrected chi connectivity index (χ0v) is 18.1. The molecule has 2 aromatic rings. The predicted octanol–water partition coefficient (Wildman–Crippen LogP) is 5.05. The molecule has 160 valence electrons. The fourth-order valence-corrected chi connectivity index (χ4v) is 3.56. The van der Waals surface area contributed by atoms with E-state index < -0.39 is 5.60 Å². The number of amides is 1. The SMILES string of the molecule is CC(C)(C)OC(=O)CCCc1ccc2c(c1)CCN(C(=O)OCc1ccccc1)C2. The summed E-state index contributed by atoms with van der Waals surface area (Å²) in [6.07, 6.45) is 2.58. The molecule has 1 amide bonds. The Morgan fingerprint density at radius 1 is 1.00 bits per heavy atom. The van der Waals surface area contributed by atoms with Gasteiger partial charge in [-0.25, -0.2) is 4.79 Å². The largest absolute Gasteiger partial charge is 0.460 e. The first-order chi connectivity index (χ1) is 14.3. The fraction of sp³-hybridized carbons (Fsp3) is 0.440. The molecule has 0 unspecified atom stereocenters. The number of hydrogen-bond donors (Lipinski definition) is 0. The lowest BCUT2D eigenvalue weighted by molar-refractivity contribution is -0.154. The average Bonchev–Trinajstić information content (AvgIpc) is 2.71. The van der Waals surface area contributed by atoms with Gasteiger partial charge in [0.25, 0.3) is 0 Å².